The van der Waals surface area contributed by atoms with E-state index >= 15 is 0 Å². The van der Waals surface area contributed by atoms with Crippen LogP contribution in [0.3, 0.4) is 0 Å². The lowest BCUT2D eigenvalue weighted by Crippen LogP contribution is -2.32. The van der Waals surface area contributed by atoms with Gasteiger partial charge in [0.1, 0.15) is 11.5 Å². The van der Waals surface area contributed by atoms with Crippen LogP contribution in [0.1, 0.15) is 38.1 Å². The zero-order chi connectivity index (χ0) is 20.3. The molecule has 0 atom stereocenters. The summed E-state index contributed by atoms with van der Waals surface area (Å²) in [5.41, 5.74) is 1.58. The molecule has 2 heterocycles. The molecule has 1 saturated heterocycles. The van der Waals surface area contributed by atoms with Crippen molar-refractivity contribution in [1.29, 1.82) is 0 Å². The molecule has 1 aliphatic carbocycles. The highest BCUT2D eigenvalue weighted by molar-refractivity contribution is 5.92. The molecule has 0 bridgehead atoms. The van der Waals surface area contributed by atoms with Crippen LogP contribution in [0.15, 0.2) is 48.5 Å². The zero-order valence-electron chi connectivity index (χ0n) is 17.6. The van der Waals surface area contributed by atoms with E-state index in [0.29, 0.717) is 43.5 Å². The predicted octanol–water partition coefficient (Wildman–Crippen LogP) is 2.93. The first kappa shape index (κ1) is 15.6. The topological polar surface area (TPSA) is 48.5 Å². The largest absolute Gasteiger partial charge is 0.355 e. The molecular weight excluding hydrogens is 336 g/mol. The third-order valence-electron chi connectivity index (χ3n) is 5.11. The first-order chi connectivity index (χ1) is 14.0. The van der Waals surface area contributed by atoms with Crippen LogP contribution in [0.25, 0.3) is 0 Å². The van der Waals surface area contributed by atoms with Gasteiger partial charge < -0.3 is 10.2 Å². The molecule has 27 heavy (non-hydrogen) atoms. The first-order valence-electron chi connectivity index (χ1n) is 10.8. The Kier molecular flexibility index (Phi) is 4.94. The molecule has 0 unspecified atom stereocenters. The quantitative estimate of drug-likeness (QED) is 0.854. The van der Waals surface area contributed by atoms with Crippen molar-refractivity contribution in [3.63, 3.8) is 0 Å². The summed E-state index contributed by atoms with van der Waals surface area (Å²) in [4.78, 5) is 20.9. The van der Waals surface area contributed by atoms with Gasteiger partial charge in [0.2, 0.25) is 0 Å². The van der Waals surface area contributed by atoms with Gasteiger partial charge in [0, 0.05) is 42.0 Å². The minimum Gasteiger partial charge on any atom is -0.355 e. The lowest BCUT2D eigenvalue weighted by molar-refractivity contribution is 0.0947. The molecule has 4 rings (SSSR count). The molecule has 142 valence electrons. The fourth-order valence-electron chi connectivity index (χ4n) is 3.32. The average Bonchev–Trinajstić information content (AvgIpc) is 3.56. The van der Waals surface area contributed by atoms with Gasteiger partial charge in [-0.1, -0.05) is 36.4 Å². The molecule has 0 radical (unpaired) electrons. The maximum absolute atomic E-state index is 12.4. The average molecular weight is 367 g/mol. The Morgan fingerprint density at radius 1 is 1.11 bits per heavy atom. The van der Waals surface area contributed by atoms with E-state index in [1.54, 1.807) is 23.1 Å². The van der Waals surface area contributed by atoms with Gasteiger partial charge in [0.05, 0.1) is 0 Å². The van der Waals surface area contributed by atoms with Gasteiger partial charge >= 0.3 is 0 Å². The maximum atomic E-state index is 12.4. The summed E-state index contributed by atoms with van der Waals surface area (Å²) in [5, 5.41) is 2.94. The number of pyridine rings is 1. The smallest absolute Gasteiger partial charge is 0.269 e. The Labute approximate surface area is 164 Å². The van der Waals surface area contributed by atoms with Crippen LogP contribution in [0.5, 0.6) is 0 Å². The van der Waals surface area contributed by atoms with E-state index in [4.69, 9.17) is 2.74 Å². The lowest BCUT2D eigenvalue weighted by atomic mass is 10.2. The summed E-state index contributed by atoms with van der Waals surface area (Å²) in [6, 6.07) is 15.5. The molecule has 5 nitrogen and oxygen atoms in total. The van der Waals surface area contributed by atoms with Crippen LogP contribution in [-0.4, -0.2) is 48.5 Å². The number of benzene rings is 1. The minimum atomic E-state index is -1.51. The number of hydrogen-bond acceptors (Lipinski definition) is 4. The summed E-state index contributed by atoms with van der Waals surface area (Å²) in [6.07, 6.45) is 2.75. The van der Waals surface area contributed by atoms with Crippen LogP contribution in [0, 0.1) is 5.92 Å². The summed E-state index contributed by atoms with van der Waals surface area (Å²) in [6.45, 7) is 1.95. The first-order valence-corrected chi connectivity index (χ1v) is 9.80. The van der Waals surface area contributed by atoms with Gasteiger partial charge in [-0.15, -0.1) is 0 Å². The number of anilines is 1. The normalized spacial score (nSPS) is 21.1. The molecule has 1 aromatic carbocycles. The second-order valence-electron chi connectivity index (χ2n) is 7.36. The predicted molar refractivity (Wildman–Crippen MR) is 108 cm³/mol. The third-order valence-corrected chi connectivity index (χ3v) is 5.11. The van der Waals surface area contributed by atoms with Crippen molar-refractivity contribution >= 4 is 11.7 Å². The number of carbonyl (C=O) groups is 1. The number of hydrogen-bond donors (Lipinski definition) is 1. The highest BCUT2D eigenvalue weighted by atomic mass is 16.1. The molecular formula is C22H28N4O. The molecule has 1 amide bonds. The SMILES string of the molecule is [2H]C1([2H])CCN(Cc2ccccc2)CCN1c1cccc(C(=O)NCC2CC2)n1. The summed E-state index contributed by atoms with van der Waals surface area (Å²) >= 11 is 0. The summed E-state index contributed by atoms with van der Waals surface area (Å²) in [7, 11) is 0. The van der Waals surface area contributed by atoms with Crippen molar-refractivity contribution in [3.05, 3.63) is 59.8 Å². The Morgan fingerprint density at radius 2 is 1.96 bits per heavy atom. The van der Waals surface area contributed by atoms with E-state index in [-0.39, 0.29) is 5.91 Å². The Hall–Kier alpha value is -2.40. The van der Waals surface area contributed by atoms with E-state index in [9.17, 15) is 4.79 Å². The standard InChI is InChI=1S/C22H28N4O/c27-22(23-16-18-10-11-18)20-8-4-9-21(24-20)26-13-5-12-25(14-15-26)17-19-6-2-1-3-7-19/h1-4,6-9,18H,5,10-17H2,(H,23,27)/i13D2. The molecule has 2 aliphatic rings. The number of rotatable bonds is 6. The lowest BCUT2D eigenvalue weighted by Gasteiger charge is -2.23. The molecule has 0 spiro atoms. The molecule has 5 heteroatoms. The van der Waals surface area contributed by atoms with Crippen molar-refractivity contribution in [2.45, 2.75) is 25.8 Å². The van der Waals surface area contributed by atoms with Crippen LogP contribution >= 0.6 is 0 Å². The number of aromatic nitrogens is 1. The second-order valence-corrected chi connectivity index (χ2v) is 7.36. The minimum absolute atomic E-state index is 0.181. The zero-order valence-corrected chi connectivity index (χ0v) is 15.6. The van der Waals surface area contributed by atoms with Crippen LogP contribution < -0.4 is 10.2 Å². The van der Waals surface area contributed by atoms with Crippen LogP contribution in [-0.2, 0) is 6.54 Å². The molecule has 1 aromatic heterocycles. The Balaban J connectivity index is 1.45. The van der Waals surface area contributed by atoms with Crippen molar-refractivity contribution in [2.24, 2.45) is 5.92 Å². The van der Waals surface area contributed by atoms with Crippen LogP contribution in [0.2, 0.25) is 0 Å². The van der Waals surface area contributed by atoms with Gasteiger partial charge in [-0.2, -0.15) is 0 Å². The molecule has 1 N–H and O–H groups in total. The van der Waals surface area contributed by atoms with Crippen molar-refractivity contribution < 1.29 is 7.54 Å². The van der Waals surface area contributed by atoms with Crippen molar-refractivity contribution in [1.82, 2.24) is 15.2 Å². The van der Waals surface area contributed by atoms with E-state index in [1.165, 1.54) is 18.4 Å². The molecule has 2 fully saturated rings. The number of nitrogens with one attached hydrogen (secondary N) is 1. The molecule has 1 saturated carbocycles. The monoisotopic (exact) mass is 366 g/mol. The molecule has 1 aliphatic heterocycles. The van der Waals surface area contributed by atoms with E-state index < -0.39 is 6.50 Å². The number of carbonyl (C=O) groups excluding carboxylic acids is 1. The Bertz CT molecular complexity index is 842. The van der Waals surface area contributed by atoms with Gasteiger partial charge in [0.25, 0.3) is 5.91 Å². The van der Waals surface area contributed by atoms with E-state index in [0.717, 1.165) is 13.1 Å². The number of nitrogens with zero attached hydrogens (tertiary/aromatic N) is 3. The third kappa shape index (κ3) is 5.07. The number of amides is 1. The van der Waals surface area contributed by atoms with E-state index in [2.05, 4.69) is 27.3 Å². The second kappa shape index (κ2) is 8.53. The molecule has 2 aromatic rings. The summed E-state index contributed by atoms with van der Waals surface area (Å²) < 4.78 is 17.2. The van der Waals surface area contributed by atoms with Crippen molar-refractivity contribution in [2.75, 3.05) is 37.6 Å². The van der Waals surface area contributed by atoms with Gasteiger partial charge in [-0.05, 0) is 42.9 Å². The van der Waals surface area contributed by atoms with E-state index in [1.807, 2.05) is 18.2 Å². The Morgan fingerprint density at radius 3 is 2.78 bits per heavy atom. The fraction of sp³-hybridized carbons (Fsp3) is 0.455. The highest BCUT2D eigenvalue weighted by Gasteiger charge is 2.22. The van der Waals surface area contributed by atoms with Gasteiger partial charge in [-0.3, -0.25) is 9.69 Å². The van der Waals surface area contributed by atoms with Gasteiger partial charge in [0.15, 0.2) is 0 Å². The van der Waals surface area contributed by atoms with Gasteiger partial charge in [-0.25, -0.2) is 4.98 Å². The highest BCUT2D eigenvalue weighted by Crippen LogP contribution is 2.27. The van der Waals surface area contributed by atoms with Crippen molar-refractivity contribution in [3.8, 4) is 0 Å². The van der Waals surface area contributed by atoms with Crippen LogP contribution in [0.4, 0.5) is 5.82 Å². The fourth-order valence-corrected chi connectivity index (χ4v) is 3.32. The summed E-state index contributed by atoms with van der Waals surface area (Å²) in [5.74, 6) is 0.952. The maximum Gasteiger partial charge on any atom is 0.269 e.